The number of alkyl halides is 1. The van der Waals surface area contributed by atoms with Crippen LogP contribution in [0, 0.1) is 0 Å². The van der Waals surface area contributed by atoms with E-state index in [2.05, 4.69) is 5.32 Å². The van der Waals surface area contributed by atoms with Crippen LogP contribution in [-0.2, 0) is 11.3 Å². The molecular formula is C12H16ClNO3. The summed E-state index contributed by atoms with van der Waals surface area (Å²) in [6.45, 7) is 2.04. The van der Waals surface area contributed by atoms with Gasteiger partial charge in [-0.1, -0.05) is 6.07 Å². The van der Waals surface area contributed by atoms with Crippen LogP contribution < -0.4 is 14.8 Å². The number of hydrogen-bond acceptors (Lipinski definition) is 3. The highest BCUT2D eigenvalue weighted by molar-refractivity contribution is 6.30. The number of ether oxygens (including phenoxy) is 2. The van der Waals surface area contributed by atoms with Crippen LogP contribution >= 0.6 is 11.6 Å². The number of rotatable bonds is 5. The maximum atomic E-state index is 11.3. The van der Waals surface area contributed by atoms with Crippen LogP contribution in [0.2, 0.25) is 0 Å². The van der Waals surface area contributed by atoms with Gasteiger partial charge in [0.25, 0.3) is 0 Å². The average molecular weight is 258 g/mol. The van der Waals surface area contributed by atoms with Crippen LogP contribution in [0.1, 0.15) is 12.5 Å². The SMILES string of the molecule is COc1ccc(CNC(=O)[C@@H](C)Cl)cc1OC. The van der Waals surface area contributed by atoms with Crippen molar-refractivity contribution in [2.45, 2.75) is 18.8 Å². The molecule has 0 fully saturated rings. The second-order valence-electron chi connectivity index (χ2n) is 3.52. The first-order valence-electron chi connectivity index (χ1n) is 5.21. The average Bonchev–Trinajstić information content (AvgIpc) is 2.35. The molecule has 0 saturated carbocycles. The maximum Gasteiger partial charge on any atom is 0.238 e. The number of amides is 1. The Morgan fingerprint density at radius 2 is 2.00 bits per heavy atom. The number of hydrogen-bond donors (Lipinski definition) is 1. The van der Waals surface area contributed by atoms with Gasteiger partial charge in [0.1, 0.15) is 5.38 Å². The number of carbonyl (C=O) groups is 1. The molecule has 0 heterocycles. The van der Waals surface area contributed by atoms with Gasteiger partial charge >= 0.3 is 0 Å². The summed E-state index contributed by atoms with van der Waals surface area (Å²) in [6.07, 6.45) is 0. The molecule has 0 aliphatic heterocycles. The maximum absolute atomic E-state index is 11.3. The zero-order valence-corrected chi connectivity index (χ0v) is 10.9. The largest absolute Gasteiger partial charge is 0.493 e. The minimum Gasteiger partial charge on any atom is -0.493 e. The van der Waals surface area contributed by atoms with E-state index >= 15 is 0 Å². The van der Waals surface area contributed by atoms with Crippen molar-refractivity contribution in [1.82, 2.24) is 5.32 Å². The predicted molar refractivity (Wildman–Crippen MR) is 66.7 cm³/mol. The van der Waals surface area contributed by atoms with Crippen LogP contribution in [-0.4, -0.2) is 25.5 Å². The summed E-state index contributed by atoms with van der Waals surface area (Å²) in [5, 5.41) is 2.19. The second kappa shape index (κ2) is 6.35. The Hall–Kier alpha value is -1.42. The van der Waals surface area contributed by atoms with Crippen molar-refractivity contribution in [1.29, 1.82) is 0 Å². The van der Waals surface area contributed by atoms with E-state index in [4.69, 9.17) is 21.1 Å². The van der Waals surface area contributed by atoms with E-state index in [0.29, 0.717) is 18.0 Å². The first-order chi connectivity index (χ1) is 8.08. The lowest BCUT2D eigenvalue weighted by atomic mass is 10.2. The number of halogens is 1. The van der Waals surface area contributed by atoms with Crippen molar-refractivity contribution in [3.8, 4) is 11.5 Å². The van der Waals surface area contributed by atoms with Gasteiger partial charge in [0, 0.05) is 6.54 Å². The van der Waals surface area contributed by atoms with E-state index in [1.165, 1.54) is 0 Å². The summed E-state index contributed by atoms with van der Waals surface area (Å²) in [6, 6.07) is 5.48. The fourth-order valence-electron chi connectivity index (χ4n) is 1.32. The lowest BCUT2D eigenvalue weighted by Crippen LogP contribution is -2.29. The Bertz CT molecular complexity index is 393. The molecule has 4 nitrogen and oxygen atoms in total. The monoisotopic (exact) mass is 257 g/mol. The highest BCUT2D eigenvalue weighted by atomic mass is 35.5. The molecule has 1 N–H and O–H groups in total. The summed E-state index contributed by atoms with van der Waals surface area (Å²) in [5.74, 6) is 1.10. The van der Waals surface area contributed by atoms with E-state index in [0.717, 1.165) is 5.56 Å². The molecule has 94 valence electrons. The van der Waals surface area contributed by atoms with Crippen molar-refractivity contribution in [3.63, 3.8) is 0 Å². The molecule has 0 spiro atoms. The molecule has 0 aromatic heterocycles. The summed E-state index contributed by atoms with van der Waals surface area (Å²) < 4.78 is 10.3. The van der Waals surface area contributed by atoms with E-state index in [-0.39, 0.29) is 5.91 Å². The van der Waals surface area contributed by atoms with Gasteiger partial charge in [0.05, 0.1) is 14.2 Å². The Morgan fingerprint density at radius 3 is 2.53 bits per heavy atom. The number of carbonyl (C=O) groups excluding carboxylic acids is 1. The highest BCUT2D eigenvalue weighted by Gasteiger charge is 2.09. The summed E-state index contributed by atoms with van der Waals surface area (Å²) >= 11 is 5.64. The molecule has 1 amide bonds. The van der Waals surface area contributed by atoms with Gasteiger partial charge in [-0.25, -0.2) is 0 Å². The zero-order valence-electron chi connectivity index (χ0n) is 10.1. The normalized spacial score (nSPS) is 11.8. The minimum absolute atomic E-state index is 0.193. The highest BCUT2D eigenvalue weighted by Crippen LogP contribution is 2.27. The predicted octanol–water partition coefficient (Wildman–Crippen LogP) is 1.95. The first-order valence-corrected chi connectivity index (χ1v) is 5.64. The summed E-state index contributed by atoms with van der Waals surface area (Å²) in [4.78, 5) is 11.3. The van der Waals surface area contributed by atoms with Crippen molar-refractivity contribution in [2.75, 3.05) is 14.2 Å². The lowest BCUT2D eigenvalue weighted by molar-refractivity contribution is -0.120. The van der Waals surface area contributed by atoms with Gasteiger partial charge in [-0.15, -0.1) is 11.6 Å². The third-order valence-electron chi connectivity index (χ3n) is 2.28. The molecule has 0 aliphatic carbocycles. The van der Waals surface area contributed by atoms with Gasteiger partial charge in [0.2, 0.25) is 5.91 Å². The number of benzene rings is 1. The van der Waals surface area contributed by atoms with E-state index in [9.17, 15) is 4.79 Å². The van der Waals surface area contributed by atoms with Gasteiger partial charge < -0.3 is 14.8 Å². The van der Waals surface area contributed by atoms with E-state index < -0.39 is 5.38 Å². The molecule has 0 unspecified atom stereocenters. The lowest BCUT2D eigenvalue weighted by Gasteiger charge is -2.10. The molecule has 0 aliphatic rings. The Labute approximate surface area is 106 Å². The topological polar surface area (TPSA) is 47.6 Å². The Morgan fingerprint density at radius 1 is 1.35 bits per heavy atom. The quantitative estimate of drug-likeness (QED) is 0.821. The molecular weight excluding hydrogens is 242 g/mol. The van der Waals surface area contributed by atoms with Crippen molar-refractivity contribution >= 4 is 17.5 Å². The fraction of sp³-hybridized carbons (Fsp3) is 0.417. The molecule has 1 rings (SSSR count). The summed E-state index contributed by atoms with van der Waals surface area (Å²) in [5.41, 5.74) is 0.924. The van der Waals surface area contributed by atoms with Crippen molar-refractivity contribution < 1.29 is 14.3 Å². The van der Waals surface area contributed by atoms with Crippen LogP contribution in [0.25, 0.3) is 0 Å². The molecule has 1 aromatic carbocycles. The molecule has 17 heavy (non-hydrogen) atoms. The molecule has 1 atom stereocenters. The molecule has 0 bridgehead atoms. The fourth-order valence-corrected chi connectivity index (χ4v) is 1.40. The van der Waals surface area contributed by atoms with Crippen LogP contribution in [0.4, 0.5) is 0 Å². The third-order valence-corrected chi connectivity index (χ3v) is 2.47. The van der Waals surface area contributed by atoms with Crippen LogP contribution in [0.5, 0.6) is 11.5 Å². The molecule has 1 aromatic rings. The molecule has 0 saturated heterocycles. The van der Waals surface area contributed by atoms with Crippen molar-refractivity contribution in [3.05, 3.63) is 23.8 Å². The van der Waals surface area contributed by atoms with Gasteiger partial charge in [-0.05, 0) is 24.6 Å². The number of methoxy groups -OCH3 is 2. The van der Waals surface area contributed by atoms with Gasteiger partial charge in [-0.3, -0.25) is 4.79 Å². The smallest absolute Gasteiger partial charge is 0.238 e. The second-order valence-corrected chi connectivity index (χ2v) is 4.18. The minimum atomic E-state index is -0.532. The van der Waals surface area contributed by atoms with Gasteiger partial charge in [0.15, 0.2) is 11.5 Å². The van der Waals surface area contributed by atoms with E-state index in [1.807, 2.05) is 12.1 Å². The van der Waals surface area contributed by atoms with Crippen molar-refractivity contribution in [2.24, 2.45) is 0 Å². The van der Waals surface area contributed by atoms with Crippen LogP contribution in [0.15, 0.2) is 18.2 Å². The van der Waals surface area contributed by atoms with E-state index in [1.54, 1.807) is 27.2 Å². The standard InChI is InChI=1S/C12H16ClNO3/c1-8(13)12(15)14-7-9-4-5-10(16-2)11(6-9)17-3/h4-6,8H,7H2,1-3H3,(H,14,15)/t8-/m1/s1. The Kier molecular flexibility index (Phi) is 5.10. The van der Waals surface area contributed by atoms with Gasteiger partial charge in [-0.2, -0.15) is 0 Å². The summed E-state index contributed by atoms with van der Waals surface area (Å²) in [7, 11) is 3.15. The third kappa shape index (κ3) is 3.82. The first kappa shape index (κ1) is 13.6. The molecule has 0 radical (unpaired) electrons. The number of nitrogens with one attached hydrogen (secondary N) is 1. The Balaban J connectivity index is 2.69. The molecule has 5 heteroatoms. The zero-order chi connectivity index (χ0) is 12.8. The van der Waals surface area contributed by atoms with Crippen LogP contribution in [0.3, 0.4) is 0 Å².